The van der Waals surface area contributed by atoms with Crippen LogP contribution in [0.4, 0.5) is 5.69 Å². The number of nitrogens with one attached hydrogen (secondary N) is 1. The van der Waals surface area contributed by atoms with Crippen LogP contribution in [-0.4, -0.2) is 36.8 Å². The molecule has 1 unspecified atom stereocenters. The lowest BCUT2D eigenvalue weighted by molar-refractivity contribution is -0.115. The number of carbonyl (C=O) groups is 2. The second kappa shape index (κ2) is 9.22. The lowest BCUT2D eigenvalue weighted by atomic mass is 10.1. The monoisotopic (exact) mass is 377 g/mol. The number of hydrogen-bond donors (Lipinski definition) is 2. The van der Waals surface area contributed by atoms with E-state index in [0.29, 0.717) is 28.6 Å². The van der Waals surface area contributed by atoms with Crippen LogP contribution in [0.15, 0.2) is 42.5 Å². The van der Waals surface area contributed by atoms with Crippen molar-refractivity contribution in [3.63, 3.8) is 0 Å². The van der Waals surface area contributed by atoms with E-state index in [0.717, 1.165) is 0 Å². The molecule has 26 heavy (non-hydrogen) atoms. The van der Waals surface area contributed by atoms with Crippen LogP contribution in [-0.2, 0) is 16.0 Å². The third-order valence-electron chi connectivity index (χ3n) is 3.51. The Labute approximate surface area is 156 Å². The van der Waals surface area contributed by atoms with Gasteiger partial charge in [-0.15, -0.1) is 0 Å². The van der Waals surface area contributed by atoms with Gasteiger partial charge in [0.05, 0.1) is 24.3 Å². The highest BCUT2D eigenvalue weighted by molar-refractivity contribution is 6.31. The SMILES string of the molecule is COCC(C)Oc1ccc(Cl)cc1NC(=O)Cc1ccc(C(=O)O)cc1. The first kappa shape index (κ1) is 19.8. The van der Waals surface area contributed by atoms with Gasteiger partial charge >= 0.3 is 5.97 Å². The van der Waals surface area contributed by atoms with Crippen molar-refractivity contribution in [1.29, 1.82) is 0 Å². The summed E-state index contributed by atoms with van der Waals surface area (Å²) in [7, 11) is 1.58. The van der Waals surface area contributed by atoms with E-state index in [1.807, 2.05) is 6.92 Å². The van der Waals surface area contributed by atoms with Crippen LogP contribution in [0.25, 0.3) is 0 Å². The van der Waals surface area contributed by atoms with E-state index < -0.39 is 5.97 Å². The molecular formula is C19H20ClNO5. The lowest BCUT2D eigenvalue weighted by Gasteiger charge is -2.17. The summed E-state index contributed by atoms with van der Waals surface area (Å²) in [6.07, 6.45) is -0.0974. The van der Waals surface area contributed by atoms with E-state index in [9.17, 15) is 9.59 Å². The van der Waals surface area contributed by atoms with Crippen molar-refractivity contribution in [1.82, 2.24) is 0 Å². The molecule has 2 aromatic carbocycles. The molecule has 0 heterocycles. The summed E-state index contributed by atoms with van der Waals surface area (Å²) in [6.45, 7) is 2.26. The number of halogens is 1. The van der Waals surface area contributed by atoms with Crippen LogP contribution < -0.4 is 10.1 Å². The van der Waals surface area contributed by atoms with E-state index >= 15 is 0 Å². The first-order valence-corrected chi connectivity index (χ1v) is 8.34. The standard InChI is InChI=1S/C19H20ClNO5/c1-12(11-25-2)26-17-8-7-15(20)10-16(17)21-18(22)9-13-3-5-14(6-4-13)19(23)24/h3-8,10,12H,9,11H2,1-2H3,(H,21,22)(H,23,24). The smallest absolute Gasteiger partial charge is 0.335 e. The first-order chi connectivity index (χ1) is 12.4. The van der Waals surface area contributed by atoms with Crippen molar-refractivity contribution in [2.75, 3.05) is 19.0 Å². The van der Waals surface area contributed by atoms with Crippen molar-refractivity contribution in [2.45, 2.75) is 19.4 Å². The van der Waals surface area contributed by atoms with Gasteiger partial charge in [0, 0.05) is 12.1 Å². The maximum atomic E-state index is 12.3. The van der Waals surface area contributed by atoms with Crippen molar-refractivity contribution >= 4 is 29.2 Å². The summed E-state index contributed by atoms with van der Waals surface area (Å²) in [6, 6.07) is 11.1. The molecule has 0 saturated carbocycles. The summed E-state index contributed by atoms with van der Waals surface area (Å²) >= 11 is 6.02. The van der Waals surface area contributed by atoms with Crippen molar-refractivity contribution in [3.05, 3.63) is 58.6 Å². The molecule has 138 valence electrons. The average molecular weight is 378 g/mol. The zero-order chi connectivity index (χ0) is 19.1. The molecular weight excluding hydrogens is 358 g/mol. The van der Waals surface area contributed by atoms with E-state index in [2.05, 4.69) is 5.32 Å². The third-order valence-corrected chi connectivity index (χ3v) is 3.75. The number of methoxy groups -OCH3 is 1. The first-order valence-electron chi connectivity index (χ1n) is 7.96. The van der Waals surface area contributed by atoms with Crippen LogP contribution in [0.5, 0.6) is 5.75 Å². The second-order valence-corrected chi connectivity index (χ2v) is 6.19. The average Bonchev–Trinajstić information content (AvgIpc) is 2.58. The molecule has 0 saturated heterocycles. The number of carbonyl (C=O) groups excluding carboxylic acids is 1. The highest BCUT2D eigenvalue weighted by Gasteiger charge is 2.13. The van der Waals surface area contributed by atoms with E-state index in [1.165, 1.54) is 12.1 Å². The van der Waals surface area contributed by atoms with Crippen molar-refractivity contribution < 1.29 is 24.2 Å². The number of rotatable bonds is 8. The Balaban J connectivity index is 2.07. The van der Waals surface area contributed by atoms with Gasteiger partial charge in [0.15, 0.2) is 0 Å². The largest absolute Gasteiger partial charge is 0.486 e. The molecule has 0 aliphatic heterocycles. The Hall–Kier alpha value is -2.57. The van der Waals surface area contributed by atoms with Crippen LogP contribution in [0.3, 0.4) is 0 Å². The molecule has 0 bridgehead atoms. The number of benzene rings is 2. The maximum Gasteiger partial charge on any atom is 0.335 e. The quantitative estimate of drug-likeness (QED) is 0.733. The zero-order valence-corrected chi connectivity index (χ0v) is 15.2. The topological polar surface area (TPSA) is 84.9 Å². The molecule has 2 rings (SSSR count). The van der Waals surface area contributed by atoms with Crippen LogP contribution in [0.2, 0.25) is 5.02 Å². The van der Waals surface area contributed by atoms with E-state index in [1.54, 1.807) is 37.4 Å². The molecule has 0 aliphatic carbocycles. The minimum atomic E-state index is -1.01. The van der Waals surface area contributed by atoms with Gasteiger partial charge in [-0.2, -0.15) is 0 Å². The van der Waals surface area contributed by atoms with Gasteiger partial charge in [-0.3, -0.25) is 4.79 Å². The molecule has 0 aliphatic rings. The van der Waals surface area contributed by atoms with Gasteiger partial charge in [-0.05, 0) is 42.8 Å². The number of carboxylic acids is 1. The van der Waals surface area contributed by atoms with Gasteiger partial charge in [0.1, 0.15) is 11.9 Å². The van der Waals surface area contributed by atoms with E-state index in [-0.39, 0.29) is 24.0 Å². The summed E-state index contributed by atoms with van der Waals surface area (Å²) < 4.78 is 10.8. The zero-order valence-electron chi connectivity index (χ0n) is 14.5. The molecule has 6 nitrogen and oxygen atoms in total. The highest BCUT2D eigenvalue weighted by atomic mass is 35.5. The summed E-state index contributed by atoms with van der Waals surface area (Å²) in [5, 5.41) is 12.2. The summed E-state index contributed by atoms with van der Waals surface area (Å²) in [5.41, 5.74) is 1.34. The highest BCUT2D eigenvalue weighted by Crippen LogP contribution is 2.29. The number of carboxylic acid groups (broad SMARTS) is 1. The lowest BCUT2D eigenvalue weighted by Crippen LogP contribution is -2.20. The molecule has 0 spiro atoms. The fourth-order valence-electron chi connectivity index (χ4n) is 2.33. The third kappa shape index (κ3) is 5.75. The maximum absolute atomic E-state index is 12.3. The van der Waals surface area contributed by atoms with E-state index in [4.69, 9.17) is 26.2 Å². The minimum Gasteiger partial charge on any atom is -0.486 e. The van der Waals surface area contributed by atoms with Gasteiger partial charge in [0.2, 0.25) is 5.91 Å². The number of anilines is 1. The molecule has 0 aromatic heterocycles. The van der Waals surface area contributed by atoms with Gasteiger partial charge in [-0.25, -0.2) is 4.79 Å². The number of ether oxygens (including phenoxy) is 2. The van der Waals surface area contributed by atoms with Crippen LogP contribution in [0, 0.1) is 0 Å². The molecule has 2 N–H and O–H groups in total. The second-order valence-electron chi connectivity index (χ2n) is 5.75. The fraction of sp³-hybridized carbons (Fsp3) is 0.263. The molecule has 1 atom stereocenters. The van der Waals surface area contributed by atoms with Gasteiger partial charge in [-0.1, -0.05) is 23.7 Å². The fourth-order valence-corrected chi connectivity index (χ4v) is 2.51. The van der Waals surface area contributed by atoms with Crippen molar-refractivity contribution in [2.24, 2.45) is 0 Å². The Morgan fingerprint density at radius 1 is 1.19 bits per heavy atom. The van der Waals surface area contributed by atoms with Gasteiger partial charge < -0.3 is 19.9 Å². The van der Waals surface area contributed by atoms with Gasteiger partial charge in [0.25, 0.3) is 0 Å². The van der Waals surface area contributed by atoms with Crippen LogP contribution >= 0.6 is 11.6 Å². The molecule has 7 heteroatoms. The Morgan fingerprint density at radius 2 is 1.88 bits per heavy atom. The summed E-state index contributed by atoms with van der Waals surface area (Å²) in [5.74, 6) is -0.778. The number of amides is 1. The predicted octanol–water partition coefficient (Wildman–Crippen LogP) is 3.63. The molecule has 1 amide bonds. The Morgan fingerprint density at radius 3 is 2.50 bits per heavy atom. The number of aromatic carboxylic acids is 1. The minimum absolute atomic E-state index is 0.0967. The molecule has 0 radical (unpaired) electrons. The normalized spacial score (nSPS) is 11.7. The Bertz CT molecular complexity index is 776. The Kier molecular flexibility index (Phi) is 7.00. The number of hydrogen-bond acceptors (Lipinski definition) is 4. The predicted molar refractivity (Wildman–Crippen MR) is 99.2 cm³/mol. The van der Waals surface area contributed by atoms with Crippen molar-refractivity contribution in [3.8, 4) is 5.75 Å². The van der Waals surface area contributed by atoms with Crippen LogP contribution in [0.1, 0.15) is 22.8 Å². The summed E-state index contributed by atoms with van der Waals surface area (Å²) in [4.78, 5) is 23.2. The molecule has 0 fully saturated rings. The molecule has 2 aromatic rings.